The first-order valence-electron chi connectivity index (χ1n) is 10.6. The molecule has 0 spiro atoms. The van der Waals surface area contributed by atoms with Crippen molar-refractivity contribution in [1.29, 1.82) is 0 Å². The number of rotatable bonds is 7. The van der Waals surface area contributed by atoms with Crippen molar-refractivity contribution in [2.45, 2.75) is 11.1 Å². The predicted molar refractivity (Wildman–Crippen MR) is 129 cm³/mol. The molecule has 0 aliphatic carbocycles. The molecule has 0 fully saturated rings. The summed E-state index contributed by atoms with van der Waals surface area (Å²) in [6.07, 6.45) is 0.768. The van der Waals surface area contributed by atoms with Gasteiger partial charge in [0.1, 0.15) is 10.7 Å². The summed E-state index contributed by atoms with van der Waals surface area (Å²) < 4.78 is 78.3. The van der Waals surface area contributed by atoms with Crippen LogP contribution in [0.15, 0.2) is 71.9 Å². The molecule has 4 aromatic rings. The standard InChI is InChI=1S/C24H17F4N5O4S/c1-38(36,37)19-12-16(6-7-18(19)25)30-23-29-13-17(15-4-2-3-14(11-15)5-8-21(34)35)22(31-23)33-10-9-20(32-33)24(26,27)28/h2-13H,1H3,(H,34,35)(H,29,30,31)/b8-5+. The first-order chi connectivity index (χ1) is 17.8. The van der Waals surface area contributed by atoms with Crippen LogP contribution in [0.3, 0.4) is 0 Å². The Morgan fingerprint density at radius 3 is 2.55 bits per heavy atom. The molecule has 0 aliphatic heterocycles. The van der Waals surface area contributed by atoms with Crippen molar-refractivity contribution in [2.75, 3.05) is 11.6 Å². The van der Waals surface area contributed by atoms with Crippen LogP contribution in [-0.4, -0.2) is 45.5 Å². The lowest BCUT2D eigenvalue weighted by Gasteiger charge is -2.13. The molecule has 0 saturated carbocycles. The van der Waals surface area contributed by atoms with Crippen molar-refractivity contribution >= 4 is 33.5 Å². The van der Waals surface area contributed by atoms with E-state index in [1.54, 1.807) is 24.3 Å². The van der Waals surface area contributed by atoms with Crippen LogP contribution in [0.1, 0.15) is 11.3 Å². The zero-order valence-corrected chi connectivity index (χ0v) is 20.1. The van der Waals surface area contributed by atoms with Crippen molar-refractivity contribution in [3.8, 4) is 16.9 Å². The van der Waals surface area contributed by atoms with E-state index in [1.165, 1.54) is 18.3 Å². The molecule has 0 bridgehead atoms. The predicted octanol–water partition coefficient (Wildman–Crippen LogP) is 4.73. The summed E-state index contributed by atoms with van der Waals surface area (Å²) in [6, 6.07) is 10.4. The molecule has 0 radical (unpaired) electrons. The van der Waals surface area contributed by atoms with E-state index >= 15 is 0 Å². The number of carboxylic acids is 1. The number of benzene rings is 2. The minimum atomic E-state index is -4.71. The third-order valence-corrected chi connectivity index (χ3v) is 6.18. The molecule has 2 aromatic carbocycles. The highest BCUT2D eigenvalue weighted by molar-refractivity contribution is 7.90. The third-order valence-electron chi connectivity index (χ3n) is 5.07. The number of nitrogens with one attached hydrogen (secondary N) is 1. The van der Waals surface area contributed by atoms with Gasteiger partial charge in [-0.2, -0.15) is 23.3 Å². The van der Waals surface area contributed by atoms with Gasteiger partial charge in [0, 0.05) is 36.0 Å². The average Bonchev–Trinajstić information content (AvgIpc) is 3.34. The monoisotopic (exact) mass is 547 g/mol. The normalized spacial score (nSPS) is 12.1. The van der Waals surface area contributed by atoms with Crippen molar-refractivity contribution in [2.24, 2.45) is 0 Å². The van der Waals surface area contributed by atoms with Crippen molar-refractivity contribution in [3.05, 3.63) is 84.1 Å². The average molecular weight is 547 g/mol. The van der Waals surface area contributed by atoms with Gasteiger partial charge in [0.25, 0.3) is 0 Å². The van der Waals surface area contributed by atoms with Gasteiger partial charge in [-0.05, 0) is 47.5 Å². The molecule has 0 amide bonds. The Morgan fingerprint density at radius 2 is 1.89 bits per heavy atom. The van der Waals surface area contributed by atoms with Gasteiger partial charge < -0.3 is 10.4 Å². The number of halogens is 4. The van der Waals surface area contributed by atoms with Gasteiger partial charge in [-0.15, -0.1) is 0 Å². The fourth-order valence-electron chi connectivity index (χ4n) is 3.38. The highest BCUT2D eigenvalue weighted by atomic mass is 32.2. The zero-order chi connectivity index (χ0) is 27.7. The Kier molecular flexibility index (Phi) is 7.00. The Morgan fingerprint density at radius 1 is 1.13 bits per heavy atom. The maximum Gasteiger partial charge on any atom is 0.435 e. The number of aromatic nitrogens is 4. The molecule has 0 unspecified atom stereocenters. The number of carboxylic acid groups (broad SMARTS) is 1. The van der Waals surface area contributed by atoms with E-state index in [-0.39, 0.29) is 23.0 Å². The summed E-state index contributed by atoms with van der Waals surface area (Å²) >= 11 is 0. The van der Waals surface area contributed by atoms with Crippen LogP contribution in [0.2, 0.25) is 0 Å². The topological polar surface area (TPSA) is 127 Å². The molecule has 2 heterocycles. The lowest BCUT2D eigenvalue weighted by Crippen LogP contribution is -2.10. The number of hydrogen-bond donors (Lipinski definition) is 2. The first kappa shape index (κ1) is 26.5. The quantitative estimate of drug-likeness (QED) is 0.251. The number of hydrogen-bond acceptors (Lipinski definition) is 7. The Hall–Kier alpha value is -4.59. The van der Waals surface area contributed by atoms with Crippen LogP contribution in [0.25, 0.3) is 23.0 Å². The molecular weight excluding hydrogens is 530 g/mol. The second-order valence-electron chi connectivity index (χ2n) is 7.91. The van der Waals surface area contributed by atoms with Crippen LogP contribution in [0.4, 0.5) is 29.2 Å². The molecule has 14 heteroatoms. The van der Waals surface area contributed by atoms with Crippen LogP contribution in [-0.2, 0) is 20.8 Å². The number of carbonyl (C=O) groups is 1. The summed E-state index contributed by atoms with van der Waals surface area (Å²) in [4.78, 5) is 18.8. The van der Waals surface area contributed by atoms with Crippen molar-refractivity contribution in [3.63, 3.8) is 0 Å². The number of aliphatic carboxylic acids is 1. The van der Waals surface area contributed by atoms with E-state index < -0.39 is 38.4 Å². The molecule has 196 valence electrons. The summed E-state index contributed by atoms with van der Waals surface area (Å²) in [5.41, 5.74) is 0.154. The van der Waals surface area contributed by atoms with E-state index in [0.717, 1.165) is 41.4 Å². The molecule has 0 aliphatic rings. The Balaban J connectivity index is 1.81. The lowest BCUT2D eigenvalue weighted by molar-refractivity contribution is -0.141. The van der Waals surface area contributed by atoms with E-state index in [1.807, 2.05) is 0 Å². The van der Waals surface area contributed by atoms with Crippen LogP contribution >= 0.6 is 0 Å². The van der Waals surface area contributed by atoms with E-state index in [2.05, 4.69) is 20.4 Å². The fraction of sp³-hybridized carbons (Fsp3) is 0.0833. The highest BCUT2D eigenvalue weighted by Gasteiger charge is 2.34. The van der Waals surface area contributed by atoms with E-state index in [4.69, 9.17) is 5.11 Å². The molecule has 2 aromatic heterocycles. The molecular formula is C24H17F4N5O4S. The highest BCUT2D eigenvalue weighted by Crippen LogP contribution is 2.31. The van der Waals surface area contributed by atoms with Gasteiger partial charge in [0.2, 0.25) is 5.95 Å². The van der Waals surface area contributed by atoms with Crippen LogP contribution in [0.5, 0.6) is 0 Å². The second kappa shape index (κ2) is 10.0. The second-order valence-corrected chi connectivity index (χ2v) is 9.90. The number of nitrogens with zero attached hydrogens (tertiary/aromatic N) is 4. The molecule has 2 N–H and O–H groups in total. The smallest absolute Gasteiger partial charge is 0.435 e. The lowest BCUT2D eigenvalue weighted by atomic mass is 10.0. The van der Waals surface area contributed by atoms with Gasteiger partial charge in [0.15, 0.2) is 21.3 Å². The maximum atomic E-state index is 14.0. The number of sulfone groups is 1. The van der Waals surface area contributed by atoms with E-state index in [0.29, 0.717) is 11.1 Å². The third kappa shape index (κ3) is 6.03. The number of anilines is 2. The van der Waals surface area contributed by atoms with E-state index in [9.17, 15) is 30.8 Å². The first-order valence-corrected chi connectivity index (χ1v) is 12.5. The molecule has 0 saturated heterocycles. The molecule has 38 heavy (non-hydrogen) atoms. The Bertz CT molecular complexity index is 1670. The zero-order valence-electron chi connectivity index (χ0n) is 19.3. The molecule has 0 atom stereocenters. The van der Waals surface area contributed by atoms with Crippen LogP contribution in [0, 0.1) is 5.82 Å². The van der Waals surface area contributed by atoms with Crippen molar-refractivity contribution < 1.29 is 35.9 Å². The summed E-state index contributed by atoms with van der Waals surface area (Å²) in [6.45, 7) is 0. The minimum absolute atomic E-state index is 0.0668. The van der Waals surface area contributed by atoms with Gasteiger partial charge in [0.05, 0.1) is 0 Å². The van der Waals surface area contributed by atoms with Crippen LogP contribution < -0.4 is 5.32 Å². The van der Waals surface area contributed by atoms with Gasteiger partial charge in [-0.3, -0.25) is 0 Å². The summed E-state index contributed by atoms with van der Waals surface area (Å²) in [7, 11) is -3.89. The minimum Gasteiger partial charge on any atom is -0.478 e. The SMILES string of the molecule is CS(=O)(=O)c1cc(Nc2ncc(-c3cccc(/C=C/C(=O)O)c3)c(-n3ccc(C(F)(F)F)n3)n2)ccc1F. The largest absolute Gasteiger partial charge is 0.478 e. The fourth-order valence-corrected chi connectivity index (χ4v) is 4.14. The number of alkyl halides is 3. The molecule has 4 rings (SSSR count). The van der Waals surface area contributed by atoms with Gasteiger partial charge >= 0.3 is 12.1 Å². The van der Waals surface area contributed by atoms with Gasteiger partial charge in [-0.25, -0.2) is 27.3 Å². The van der Waals surface area contributed by atoms with Crippen molar-refractivity contribution in [1.82, 2.24) is 19.7 Å². The van der Waals surface area contributed by atoms with Gasteiger partial charge in [-0.1, -0.05) is 18.2 Å². The summed E-state index contributed by atoms with van der Waals surface area (Å²) in [5.74, 6) is -2.32. The Labute approximate surface area is 213 Å². The summed E-state index contributed by atoms with van der Waals surface area (Å²) in [5, 5.41) is 15.2. The maximum absolute atomic E-state index is 14.0. The molecule has 9 nitrogen and oxygen atoms in total.